The molecule has 28 heavy (non-hydrogen) atoms. The largest absolute Gasteiger partial charge is 0.497 e. The number of amides is 2. The zero-order valence-corrected chi connectivity index (χ0v) is 14.8. The van der Waals surface area contributed by atoms with E-state index in [4.69, 9.17) is 15.2 Å². The molecule has 0 bridgehead atoms. The van der Waals surface area contributed by atoms with E-state index in [0.717, 1.165) is 10.6 Å². The minimum atomic E-state index is -0.640. The van der Waals surface area contributed by atoms with E-state index in [2.05, 4.69) is 5.32 Å². The first-order chi connectivity index (χ1) is 13.5. The molecular formula is C20H15N3O5. The first kappa shape index (κ1) is 17.3. The minimum Gasteiger partial charge on any atom is -0.497 e. The number of fused-ring (bicyclic) bond motifs is 1. The number of pyridine rings is 1. The molecule has 0 radical (unpaired) electrons. The highest BCUT2D eigenvalue weighted by atomic mass is 16.5. The lowest BCUT2D eigenvalue weighted by Gasteiger charge is -2.16. The molecule has 2 heterocycles. The summed E-state index contributed by atoms with van der Waals surface area (Å²) in [4.78, 5) is 36.5. The Morgan fingerprint density at radius 2 is 1.61 bits per heavy atom. The number of carbonyl (C=O) groups is 2. The molecular weight excluding hydrogens is 362 g/mol. The molecule has 0 saturated heterocycles. The number of nitrogens with zero attached hydrogens (tertiary/aromatic N) is 1. The summed E-state index contributed by atoms with van der Waals surface area (Å²) in [5.74, 6) is 0.144. The Morgan fingerprint density at radius 1 is 0.929 bits per heavy atom. The molecule has 3 aromatic rings. The monoisotopic (exact) mass is 377 g/mol. The van der Waals surface area contributed by atoms with Gasteiger partial charge in [0.25, 0.3) is 17.4 Å². The number of hydrogen-bond donors (Lipinski definition) is 2. The van der Waals surface area contributed by atoms with Crippen molar-refractivity contribution in [2.75, 3.05) is 12.8 Å². The average Bonchev–Trinajstić information content (AvgIpc) is 2.97. The first-order valence-corrected chi connectivity index (χ1v) is 8.32. The predicted molar refractivity (Wildman–Crippen MR) is 101 cm³/mol. The number of anilines is 1. The van der Waals surface area contributed by atoms with Crippen molar-refractivity contribution in [1.82, 2.24) is 9.88 Å². The van der Waals surface area contributed by atoms with Crippen LogP contribution in [0.15, 0.2) is 59.4 Å². The minimum absolute atomic E-state index is 0.0242. The van der Waals surface area contributed by atoms with Gasteiger partial charge in [0.1, 0.15) is 17.3 Å². The maximum atomic E-state index is 12.7. The zero-order valence-electron chi connectivity index (χ0n) is 14.8. The van der Waals surface area contributed by atoms with E-state index in [0.29, 0.717) is 22.9 Å². The zero-order chi connectivity index (χ0) is 19.8. The third-order valence-electron chi connectivity index (χ3n) is 4.35. The molecule has 3 N–H and O–H groups in total. The maximum Gasteiger partial charge on any atom is 0.262 e. The molecule has 1 aliphatic heterocycles. The normalized spacial score (nSPS) is 12.5. The fourth-order valence-corrected chi connectivity index (χ4v) is 3.03. The highest BCUT2D eigenvalue weighted by Gasteiger charge is 2.32. The van der Waals surface area contributed by atoms with Crippen LogP contribution in [0.3, 0.4) is 0 Å². The van der Waals surface area contributed by atoms with Crippen LogP contribution >= 0.6 is 0 Å². The number of nitrogens with one attached hydrogen (secondary N) is 1. The number of nitrogen functional groups attached to an aromatic ring is 1. The Hall–Kier alpha value is -4.07. The summed E-state index contributed by atoms with van der Waals surface area (Å²) in [5, 5.41) is 2.14. The Balaban J connectivity index is 1.83. The van der Waals surface area contributed by atoms with E-state index in [1.807, 2.05) is 0 Å². The molecule has 2 amide bonds. The molecule has 2 aromatic carbocycles. The summed E-state index contributed by atoms with van der Waals surface area (Å²) in [6.45, 7) is 0. The molecule has 0 unspecified atom stereocenters. The van der Waals surface area contributed by atoms with E-state index in [9.17, 15) is 14.4 Å². The maximum absolute atomic E-state index is 12.7. The second-order valence-corrected chi connectivity index (χ2v) is 6.02. The summed E-state index contributed by atoms with van der Waals surface area (Å²) in [7, 11) is 1.56. The molecule has 0 saturated carbocycles. The van der Waals surface area contributed by atoms with Crippen LogP contribution < -0.4 is 26.1 Å². The van der Waals surface area contributed by atoms with E-state index in [1.54, 1.807) is 55.6 Å². The van der Waals surface area contributed by atoms with Crippen molar-refractivity contribution < 1.29 is 19.1 Å². The van der Waals surface area contributed by atoms with Gasteiger partial charge >= 0.3 is 0 Å². The lowest BCUT2D eigenvalue weighted by Crippen LogP contribution is -2.24. The van der Waals surface area contributed by atoms with E-state index >= 15 is 0 Å². The molecule has 0 spiro atoms. The van der Waals surface area contributed by atoms with Crippen molar-refractivity contribution in [3.8, 4) is 22.9 Å². The second-order valence-electron chi connectivity index (χ2n) is 6.02. The van der Waals surface area contributed by atoms with E-state index in [-0.39, 0.29) is 16.9 Å². The molecule has 8 nitrogen and oxygen atoms in total. The van der Waals surface area contributed by atoms with Gasteiger partial charge in [-0.2, -0.15) is 0 Å². The quantitative estimate of drug-likeness (QED) is 0.674. The molecule has 140 valence electrons. The van der Waals surface area contributed by atoms with E-state index in [1.165, 1.54) is 0 Å². The number of methoxy groups -OCH3 is 1. The van der Waals surface area contributed by atoms with E-state index < -0.39 is 17.4 Å². The second kappa shape index (κ2) is 6.58. The smallest absolute Gasteiger partial charge is 0.262 e. The fourth-order valence-electron chi connectivity index (χ4n) is 3.03. The summed E-state index contributed by atoms with van der Waals surface area (Å²) in [5.41, 5.74) is 5.84. The highest BCUT2D eigenvalue weighted by molar-refractivity contribution is 6.23. The number of carbonyl (C=O) groups excluding carboxylic acids is 2. The molecule has 0 fully saturated rings. The highest BCUT2D eigenvalue weighted by Crippen LogP contribution is 2.31. The summed E-state index contributed by atoms with van der Waals surface area (Å²) in [6, 6.07) is 14.8. The number of benzene rings is 2. The predicted octanol–water partition coefficient (Wildman–Crippen LogP) is 2.10. The van der Waals surface area contributed by atoms with Crippen molar-refractivity contribution >= 4 is 17.6 Å². The van der Waals surface area contributed by atoms with Gasteiger partial charge in [-0.1, -0.05) is 12.1 Å². The molecule has 4 rings (SSSR count). The average molecular weight is 377 g/mol. The number of imide groups is 1. The number of ether oxygens (including phenoxy) is 2. The van der Waals surface area contributed by atoms with Crippen molar-refractivity contribution in [3.63, 3.8) is 0 Å². The lowest BCUT2D eigenvalue weighted by atomic mass is 10.1. The third-order valence-corrected chi connectivity index (χ3v) is 4.35. The Bertz CT molecular complexity index is 1170. The van der Waals surface area contributed by atoms with Crippen LogP contribution in [-0.2, 0) is 0 Å². The van der Waals surface area contributed by atoms with Gasteiger partial charge in [-0.05, 0) is 36.4 Å². The lowest BCUT2D eigenvalue weighted by molar-refractivity contribution is 0.0880. The number of rotatable bonds is 4. The van der Waals surface area contributed by atoms with Crippen LogP contribution in [0.4, 0.5) is 5.82 Å². The van der Waals surface area contributed by atoms with Crippen LogP contribution in [0.2, 0.25) is 0 Å². The van der Waals surface area contributed by atoms with Gasteiger partial charge in [-0.3, -0.25) is 24.3 Å². The standard InChI is InChI=1S/C20H15N3O5/c1-27-11-6-8-12(9-7-11)28-15-5-3-2-4-14(15)23-16(24)10-13-17(18(23)21)20(26)22-19(13)25/h2-10H,21H2,1H3,(H,22,25,26). The fraction of sp³-hybridized carbons (Fsp3) is 0.0500. The molecule has 1 aromatic heterocycles. The first-order valence-electron chi connectivity index (χ1n) is 8.32. The SMILES string of the molecule is COc1ccc(Oc2ccccc2-n2c(N)c3c(cc2=O)C(=O)NC3=O)cc1. The van der Waals surface area contributed by atoms with Crippen molar-refractivity contribution in [2.24, 2.45) is 0 Å². The van der Waals surface area contributed by atoms with Crippen LogP contribution in [0, 0.1) is 0 Å². The molecule has 8 heteroatoms. The van der Waals surface area contributed by atoms with Gasteiger partial charge in [0.05, 0.1) is 23.9 Å². The Morgan fingerprint density at radius 3 is 2.32 bits per heavy atom. The number of para-hydroxylation sites is 2. The summed E-state index contributed by atoms with van der Waals surface area (Å²) in [6.07, 6.45) is 0. The molecule has 0 atom stereocenters. The number of aromatic nitrogens is 1. The van der Waals surface area contributed by atoms with Crippen molar-refractivity contribution in [1.29, 1.82) is 0 Å². The van der Waals surface area contributed by atoms with Gasteiger partial charge in [-0.15, -0.1) is 0 Å². The third kappa shape index (κ3) is 2.77. The van der Waals surface area contributed by atoms with Gasteiger partial charge in [0, 0.05) is 6.07 Å². The van der Waals surface area contributed by atoms with Gasteiger partial charge < -0.3 is 15.2 Å². The Labute approximate surface area is 159 Å². The summed E-state index contributed by atoms with van der Waals surface area (Å²) < 4.78 is 12.2. The van der Waals surface area contributed by atoms with Gasteiger partial charge in [0.2, 0.25) is 0 Å². The van der Waals surface area contributed by atoms with Crippen LogP contribution in [0.5, 0.6) is 17.2 Å². The molecule has 1 aliphatic rings. The Kier molecular flexibility index (Phi) is 4.08. The number of nitrogens with two attached hydrogens (primary N) is 1. The van der Waals surface area contributed by atoms with Gasteiger partial charge in [-0.25, -0.2) is 0 Å². The van der Waals surface area contributed by atoms with Crippen molar-refractivity contribution in [2.45, 2.75) is 0 Å². The van der Waals surface area contributed by atoms with Gasteiger partial charge in [0.15, 0.2) is 5.75 Å². The van der Waals surface area contributed by atoms with Crippen LogP contribution in [0.1, 0.15) is 20.7 Å². The number of hydrogen-bond acceptors (Lipinski definition) is 6. The topological polar surface area (TPSA) is 113 Å². The van der Waals surface area contributed by atoms with Crippen molar-refractivity contribution in [3.05, 3.63) is 76.1 Å². The summed E-state index contributed by atoms with van der Waals surface area (Å²) >= 11 is 0. The molecule has 0 aliphatic carbocycles. The van der Waals surface area contributed by atoms with Crippen LogP contribution in [-0.4, -0.2) is 23.5 Å². The van der Waals surface area contributed by atoms with Crippen LogP contribution in [0.25, 0.3) is 5.69 Å².